The molecule has 0 saturated carbocycles. The van der Waals surface area contributed by atoms with Crippen LogP contribution in [0.2, 0.25) is 0 Å². The van der Waals surface area contributed by atoms with Gasteiger partial charge in [-0.05, 0) is 49.7 Å². The van der Waals surface area contributed by atoms with Crippen molar-refractivity contribution in [2.45, 2.75) is 13.8 Å². The van der Waals surface area contributed by atoms with Gasteiger partial charge in [0.05, 0.1) is 12.7 Å². The molecule has 0 amide bonds. The van der Waals surface area contributed by atoms with Crippen molar-refractivity contribution in [3.63, 3.8) is 0 Å². The molecule has 1 aromatic heterocycles. The van der Waals surface area contributed by atoms with Crippen molar-refractivity contribution in [2.24, 2.45) is 5.73 Å². The highest BCUT2D eigenvalue weighted by Gasteiger charge is 2.13. The van der Waals surface area contributed by atoms with Gasteiger partial charge in [0.1, 0.15) is 16.5 Å². The Balaban J connectivity index is 2.39. The molecule has 4 nitrogen and oxygen atoms in total. The number of hydrogen-bond acceptors (Lipinski definition) is 4. The van der Waals surface area contributed by atoms with Crippen LogP contribution in [-0.4, -0.2) is 17.1 Å². The first-order valence-corrected chi connectivity index (χ1v) is 6.52. The largest absolute Gasteiger partial charge is 0.497 e. The Labute approximate surface area is 123 Å². The third-order valence-corrected chi connectivity index (χ3v) is 3.04. The van der Waals surface area contributed by atoms with E-state index in [2.05, 4.69) is 4.98 Å². The Hall–Kier alpha value is -2.14. The SMILES string of the molecule is COc1ccc(Oc2nc(C)cc(C)c2C(N)=S)cc1. The fourth-order valence-corrected chi connectivity index (χ4v) is 2.18. The van der Waals surface area contributed by atoms with E-state index < -0.39 is 0 Å². The molecule has 0 atom stereocenters. The topological polar surface area (TPSA) is 57.4 Å². The van der Waals surface area contributed by atoms with Gasteiger partial charge < -0.3 is 15.2 Å². The summed E-state index contributed by atoms with van der Waals surface area (Å²) >= 11 is 5.07. The summed E-state index contributed by atoms with van der Waals surface area (Å²) in [7, 11) is 1.62. The second-order valence-electron chi connectivity index (χ2n) is 4.40. The molecule has 0 radical (unpaired) electrons. The number of rotatable bonds is 4. The van der Waals surface area contributed by atoms with E-state index in [1.54, 1.807) is 7.11 Å². The maximum atomic E-state index is 5.80. The van der Waals surface area contributed by atoms with Gasteiger partial charge in [-0.3, -0.25) is 0 Å². The summed E-state index contributed by atoms with van der Waals surface area (Å²) in [6.07, 6.45) is 0. The van der Waals surface area contributed by atoms with Crippen molar-refractivity contribution < 1.29 is 9.47 Å². The Bertz CT molecular complexity index is 639. The molecule has 20 heavy (non-hydrogen) atoms. The molecule has 2 aromatic rings. The molecule has 0 bridgehead atoms. The molecule has 1 aromatic carbocycles. The third-order valence-electron chi connectivity index (χ3n) is 2.83. The Morgan fingerprint density at radius 3 is 2.30 bits per heavy atom. The number of nitrogens with zero attached hydrogens (tertiary/aromatic N) is 1. The summed E-state index contributed by atoms with van der Waals surface area (Å²) < 4.78 is 10.9. The summed E-state index contributed by atoms with van der Waals surface area (Å²) in [5.74, 6) is 1.85. The van der Waals surface area contributed by atoms with E-state index in [1.165, 1.54) is 0 Å². The smallest absolute Gasteiger partial charge is 0.229 e. The lowest BCUT2D eigenvalue weighted by molar-refractivity contribution is 0.412. The number of ether oxygens (including phenoxy) is 2. The summed E-state index contributed by atoms with van der Waals surface area (Å²) in [6.45, 7) is 3.83. The highest BCUT2D eigenvalue weighted by Crippen LogP contribution is 2.27. The summed E-state index contributed by atoms with van der Waals surface area (Å²) in [5, 5.41) is 0. The monoisotopic (exact) mass is 288 g/mol. The first kappa shape index (κ1) is 14.3. The predicted molar refractivity (Wildman–Crippen MR) is 82.7 cm³/mol. The van der Waals surface area contributed by atoms with E-state index in [1.807, 2.05) is 44.2 Å². The molecule has 0 saturated heterocycles. The molecule has 104 valence electrons. The molecule has 0 aliphatic heterocycles. The summed E-state index contributed by atoms with van der Waals surface area (Å²) in [6, 6.07) is 9.18. The fourth-order valence-electron chi connectivity index (χ4n) is 1.93. The van der Waals surface area contributed by atoms with Crippen LogP contribution in [0.15, 0.2) is 30.3 Å². The minimum absolute atomic E-state index is 0.276. The van der Waals surface area contributed by atoms with Crippen LogP contribution in [0.4, 0.5) is 0 Å². The number of hydrogen-bond donors (Lipinski definition) is 1. The van der Waals surface area contributed by atoms with Crippen molar-refractivity contribution in [2.75, 3.05) is 7.11 Å². The van der Waals surface area contributed by atoms with Crippen LogP contribution in [0.25, 0.3) is 0 Å². The van der Waals surface area contributed by atoms with Crippen LogP contribution in [-0.2, 0) is 0 Å². The zero-order valence-electron chi connectivity index (χ0n) is 11.6. The normalized spacial score (nSPS) is 10.2. The van der Waals surface area contributed by atoms with Crippen LogP contribution in [0, 0.1) is 13.8 Å². The molecular weight excluding hydrogens is 272 g/mol. The minimum Gasteiger partial charge on any atom is -0.497 e. The van der Waals surface area contributed by atoms with Gasteiger partial charge in [-0.15, -0.1) is 0 Å². The molecular formula is C15H16N2O2S. The van der Waals surface area contributed by atoms with Crippen molar-refractivity contribution in [1.29, 1.82) is 0 Å². The van der Waals surface area contributed by atoms with Gasteiger partial charge in [-0.2, -0.15) is 0 Å². The lowest BCUT2D eigenvalue weighted by Gasteiger charge is -2.13. The number of benzene rings is 1. The highest BCUT2D eigenvalue weighted by molar-refractivity contribution is 7.80. The lowest BCUT2D eigenvalue weighted by atomic mass is 10.1. The maximum Gasteiger partial charge on any atom is 0.229 e. The molecule has 0 fully saturated rings. The number of aryl methyl sites for hydroxylation is 2. The van der Waals surface area contributed by atoms with E-state index in [0.717, 1.165) is 17.0 Å². The molecule has 0 spiro atoms. The molecule has 0 aliphatic carbocycles. The van der Waals surface area contributed by atoms with Crippen molar-refractivity contribution in [1.82, 2.24) is 4.98 Å². The summed E-state index contributed by atoms with van der Waals surface area (Å²) in [4.78, 5) is 4.65. The molecule has 2 N–H and O–H groups in total. The van der Waals surface area contributed by atoms with Gasteiger partial charge in [0, 0.05) is 5.69 Å². The highest BCUT2D eigenvalue weighted by atomic mass is 32.1. The van der Waals surface area contributed by atoms with Gasteiger partial charge in [-0.25, -0.2) is 4.98 Å². The number of thiocarbonyl (C=S) groups is 1. The first-order chi connectivity index (χ1) is 9.51. The van der Waals surface area contributed by atoms with Crippen LogP contribution in [0.3, 0.4) is 0 Å². The average Bonchev–Trinajstić information content (AvgIpc) is 2.38. The van der Waals surface area contributed by atoms with Crippen molar-refractivity contribution in [3.05, 3.63) is 47.2 Å². The maximum absolute atomic E-state index is 5.80. The van der Waals surface area contributed by atoms with Gasteiger partial charge in [0.25, 0.3) is 0 Å². The predicted octanol–water partition coefficient (Wildman–Crippen LogP) is 3.13. The van der Waals surface area contributed by atoms with Crippen LogP contribution < -0.4 is 15.2 Å². The molecule has 2 rings (SSSR count). The van der Waals surface area contributed by atoms with E-state index in [4.69, 9.17) is 27.4 Å². The lowest BCUT2D eigenvalue weighted by Crippen LogP contribution is -2.14. The van der Waals surface area contributed by atoms with E-state index in [9.17, 15) is 0 Å². The zero-order chi connectivity index (χ0) is 14.7. The van der Waals surface area contributed by atoms with Crippen LogP contribution in [0.5, 0.6) is 17.4 Å². The van der Waals surface area contributed by atoms with Gasteiger partial charge in [0.2, 0.25) is 5.88 Å². The minimum atomic E-state index is 0.276. The fraction of sp³-hybridized carbons (Fsp3) is 0.200. The second-order valence-corrected chi connectivity index (χ2v) is 4.84. The Morgan fingerprint density at radius 1 is 1.15 bits per heavy atom. The van der Waals surface area contributed by atoms with Gasteiger partial charge in [0.15, 0.2) is 0 Å². The number of aromatic nitrogens is 1. The van der Waals surface area contributed by atoms with E-state index in [-0.39, 0.29) is 4.99 Å². The standard InChI is InChI=1S/C15H16N2O2S/c1-9-8-10(2)17-15(13(9)14(16)20)19-12-6-4-11(18-3)5-7-12/h4-8H,1-3H3,(H2,16,20). The third kappa shape index (κ3) is 3.05. The first-order valence-electron chi connectivity index (χ1n) is 6.11. The second kappa shape index (κ2) is 5.88. The average molecular weight is 288 g/mol. The van der Waals surface area contributed by atoms with Gasteiger partial charge >= 0.3 is 0 Å². The molecule has 1 heterocycles. The molecule has 5 heteroatoms. The van der Waals surface area contributed by atoms with Crippen LogP contribution >= 0.6 is 12.2 Å². The quantitative estimate of drug-likeness (QED) is 0.876. The molecule has 0 unspecified atom stereocenters. The van der Waals surface area contributed by atoms with Crippen LogP contribution in [0.1, 0.15) is 16.8 Å². The number of methoxy groups -OCH3 is 1. The Morgan fingerprint density at radius 2 is 1.75 bits per heavy atom. The zero-order valence-corrected chi connectivity index (χ0v) is 12.5. The van der Waals surface area contributed by atoms with Crippen molar-refractivity contribution in [3.8, 4) is 17.4 Å². The number of nitrogens with two attached hydrogens (primary N) is 1. The number of pyridine rings is 1. The molecule has 0 aliphatic rings. The van der Waals surface area contributed by atoms with Gasteiger partial charge in [-0.1, -0.05) is 12.2 Å². The van der Waals surface area contributed by atoms with E-state index >= 15 is 0 Å². The van der Waals surface area contributed by atoms with Crippen molar-refractivity contribution >= 4 is 17.2 Å². The Kier molecular flexibility index (Phi) is 4.20. The summed E-state index contributed by atoms with van der Waals surface area (Å²) in [5.41, 5.74) is 8.23. The van der Waals surface area contributed by atoms with E-state index in [0.29, 0.717) is 17.2 Å².